The van der Waals surface area contributed by atoms with Crippen LogP contribution in [0.3, 0.4) is 0 Å². The molecule has 5 saturated heterocycles. The SMILES string of the molecule is C=C1Nc2c(-c3ccc(OC)nc3)nc(-n3cnc4ccc(F)cc43)nc2N1C1CCOCC1.C=C1Nc2c(N3CC(F)(F)C(F)(F)C3)nc(-n3cnc4ccc(F)cc43)nc2N1C1CCOCC1.[C-]#[N+]c1ccc2ncn(-c3nc(N4CC(F)(F)C4)c4[nH]c(=O)n(CCCOC)c4n3)c2c1.[C-]#[N+]c1ccc2ncn(-c3nc(N4CC(F)(F)C4)c4c(n3)N(Cc3cccnc3)C(=C)N4)c2c1. The van der Waals surface area contributed by atoms with E-state index in [0.717, 1.165) is 40.4 Å². The molecule has 0 bridgehead atoms. The summed E-state index contributed by atoms with van der Waals surface area (Å²) >= 11 is 0. The first kappa shape index (κ1) is 87.0. The van der Waals surface area contributed by atoms with Crippen LogP contribution in [0.4, 0.5) is 107 Å². The highest BCUT2D eigenvalue weighted by molar-refractivity contribution is 5.93. The largest absolute Gasteiger partial charge is 0.481 e. The summed E-state index contributed by atoms with van der Waals surface area (Å²) in [4.78, 5) is 95.0. The number of alkyl halides is 8. The maximum atomic E-state index is 14.1. The first-order valence-electron chi connectivity index (χ1n) is 42.3. The number of rotatable bonds is 17. The van der Waals surface area contributed by atoms with Crippen LogP contribution in [0.5, 0.6) is 5.88 Å². The van der Waals surface area contributed by atoms with Crippen LogP contribution in [0, 0.1) is 24.8 Å². The molecule has 15 aromatic rings. The number of imidazole rings is 5. The first-order chi connectivity index (χ1) is 65.1. The number of aromatic nitrogens is 20. The molecule has 5 fully saturated rings. The van der Waals surface area contributed by atoms with Crippen LogP contribution < -0.4 is 55.8 Å². The number of hydrogen-bond acceptors (Lipinski definition) is 28. The predicted octanol–water partition coefficient (Wildman–Crippen LogP) is 14.5. The molecule has 23 rings (SSSR count). The van der Waals surface area contributed by atoms with Gasteiger partial charge in [-0.05, 0) is 98.3 Å². The zero-order valence-corrected chi connectivity index (χ0v) is 71.7. The van der Waals surface area contributed by atoms with E-state index in [-0.39, 0.29) is 53.1 Å². The molecule has 688 valence electrons. The average molecular weight is 1850 g/mol. The standard InChI is InChI=1S/C24H22FN7O2.C23H17F2N9.C22H20F5N7O.C20H18F2N8O2/c1-14-28-22-21(15-3-6-20(33-2)26-12-15)29-24(30-23(22)32(14)17-7-9-34-10-8-17)31-13-27-18-5-4-16(25)11-19(18)31;1-14-29-19-20(32-11-23(24,25)12-32)30-22(31-21(19)33(14)10-15-4-3-7-27-9-15)34-13-28-17-6-5-16(26-2)8-18(17)34;1-12-29-17-18(32-9-21(24,25)22(26,27)10-32)30-20(31-19(17)34(12)14-4-6-35-7-5-14)33-11-28-15-3-2-13(23)8-16(15)33;1-23-12-4-5-13-14(8-12)30(11-24-13)18-26-16(28-9-20(21,22)10-28)15-17(27-18)29(19(31)25-15)6-3-7-32-2/h3-6,11-13,17,28H,1,7-10H2,2H3;3-9,13,29H,1,10-12H2;2-3,8,11,14,29H,1,4-7,9-10H2;4-5,8,11H,3,6-7,9-10H2,2H3,(H,25,31). The van der Waals surface area contributed by atoms with Crippen molar-refractivity contribution in [2.24, 2.45) is 0 Å². The van der Waals surface area contributed by atoms with Crippen molar-refractivity contribution in [3.05, 3.63) is 229 Å². The molecule has 0 aliphatic carbocycles. The molecule has 4 aromatic carbocycles. The molecule has 0 saturated carbocycles. The van der Waals surface area contributed by atoms with Gasteiger partial charge in [-0.2, -0.15) is 52.4 Å². The smallest absolute Gasteiger partial charge is 0.329 e. The van der Waals surface area contributed by atoms with E-state index in [4.69, 9.17) is 47.0 Å². The minimum absolute atomic E-state index is 0.0149. The van der Waals surface area contributed by atoms with Crippen molar-refractivity contribution in [3.8, 4) is 40.9 Å². The highest BCUT2D eigenvalue weighted by Crippen LogP contribution is 2.51. The van der Waals surface area contributed by atoms with Gasteiger partial charge in [0.1, 0.15) is 82.7 Å². The summed E-state index contributed by atoms with van der Waals surface area (Å²) < 4.78 is 168. The monoisotopic (exact) mass is 1850 g/mol. The highest BCUT2D eigenvalue weighted by atomic mass is 19.3. The Morgan fingerprint density at radius 2 is 0.956 bits per heavy atom. The van der Waals surface area contributed by atoms with Gasteiger partial charge < -0.3 is 69.3 Å². The van der Waals surface area contributed by atoms with E-state index in [1.807, 2.05) is 28.0 Å². The maximum absolute atomic E-state index is 14.1. The molecule has 8 aliphatic heterocycles. The number of ether oxygens (including phenoxy) is 4. The Balaban J connectivity index is 0.000000112. The van der Waals surface area contributed by atoms with E-state index in [2.05, 4.69) is 110 Å². The Morgan fingerprint density at radius 3 is 1.44 bits per heavy atom. The fourth-order valence-electron chi connectivity index (χ4n) is 17.2. The molecule has 8 aliphatic rings. The Kier molecular flexibility index (Phi) is 22.1. The number of methoxy groups -OCH3 is 2. The van der Waals surface area contributed by atoms with Gasteiger partial charge in [0.15, 0.2) is 51.9 Å². The van der Waals surface area contributed by atoms with Gasteiger partial charge in [-0.3, -0.25) is 27.8 Å². The van der Waals surface area contributed by atoms with Crippen LogP contribution in [0.25, 0.3) is 100 Å². The zero-order chi connectivity index (χ0) is 93.7. The minimum Gasteiger partial charge on any atom is -0.481 e. The quantitative estimate of drug-likeness (QED) is 0.0374. The van der Waals surface area contributed by atoms with Gasteiger partial charge in [0.25, 0.3) is 11.8 Å². The molecule has 36 nitrogen and oxygen atoms in total. The van der Waals surface area contributed by atoms with Crippen LogP contribution in [-0.4, -0.2) is 220 Å². The average Bonchev–Trinajstić information content (AvgIpc) is 1.64. The number of halogens is 10. The van der Waals surface area contributed by atoms with Crippen molar-refractivity contribution in [3.63, 3.8) is 0 Å². The first-order valence-corrected chi connectivity index (χ1v) is 42.3. The summed E-state index contributed by atoms with van der Waals surface area (Å²) in [6.07, 6.45) is 14.8. The molecule has 46 heteroatoms. The summed E-state index contributed by atoms with van der Waals surface area (Å²) in [5.74, 6) is -9.85. The van der Waals surface area contributed by atoms with E-state index in [0.29, 0.717) is 190 Å². The number of benzene rings is 4. The minimum atomic E-state index is -4.23. The summed E-state index contributed by atoms with van der Waals surface area (Å²) in [6, 6.07) is 26.2. The van der Waals surface area contributed by atoms with Gasteiger partial charge in [0.05, 0.1) is 110 Å². The second-order valence-corrected chi connectivity index (χ2v) is 32.8. The molecule has 19 heterocycles. The maximum Gasteiger partial charge on any atom is 0.329 e. The number of H-pyrrole nitrogens is 1. The lowest BCUT2D eigenvalue weighted by Gasteiger charge is -2.40. The third-order valence-electron chi connectivity index (χ3n) is 23.8. The van der Waals surface area contributed by atoms with Gasteiger partial charge in [0.2, 0.25) is 29.7 Å². The Bertz CT molecular complexity index is 7350. The highest BCUT2D eigenvalue weighted by Gasteiger charge is 2.64. The van der Waals surface area contributed by atoms with Gasteiger partial charge in [-0.1, -0.05) is 37.9 Å². The van der Waals surface area contributed by atoms with Crippen LogP contribution in [-0.2, 0) is 27.3 Å². The second-order valence-electron chi connectivity index (χ2n) is 32.8. The number of nitrogens with one attached hydrogen (secondary N) is 4. The van der Waals surface area contributed by atoms with Crippen molar-refractivity contribution < 1.29 is 62.9 Å². The molecule has 0 spiro atoms. The summed E-state index contributed by atoms with van der Waals surface area (Å²) in [7, 11) is 3.14. The lowest BCUT2D eigenvalue weighted by Crippen LogP contribution is -2.56. The zero-order valence-electron chi connectivity index (χ0n) is 71.7. The second kappa shape index (κ2) is 34.3. The van der Waals surface area contributed by atoms with E-state index in [1.165, 1.54) is 61.9 Å². The summed E-state index contributed by atoms with van der Waals surface area (Å²) in [6.45, 7) is 26.3. The molecule has 0 unspecified atom stereocenters. The molecule has 11 aromatic heterocycles. The van der Waals surface area contributed by atoms with Crippen molar-refractivity contribution in [1.29, 1.82) is 0 Å². The van der Waals surface area contributed by atoms with Crippen molar-refractivity contribution in [2.75, 3.05) is 132 Å². The molecular formula is C89H77F10N31O5. The van der Waals surface area contributed by atoms with Crippen molar-refractivity contribution >= 4 is 119 Å². The molecule has 135 heavy (non-hydrogen) atoms. The molecular weight excluding hydrogens is 1770 g/mol. The fraction of sp³-hybridized carbons (Fsp3) is 0.292. The molecule has 0 radical (unpaired) electrons. The number of nitrogens with zero attached hydrogens (tertiary/aromatic N) is 27. The lowest BCUT2D eigenvalue weighted by molar-refractivity contribution is -0.172. The van der Waals surface area contributed by atoms with Crippen LogP contribution >= 0.6 is 0 Å². The van der Waals surface area contributed by atoms with Crippen molar-refractivity contribution in [2.45, 2.75) is 81.0 Å². The molecule has 0 atom stereocenters. The number of hydrogen-bond donors (Lipinski definition) is 4. The third kappa shape index (κ3) is 16.3. The fourth-order valence-corrected chi connectivity index (χ4v) is 17.2. The van der Waals surface area contributed by atoms with Crippen LogP contribution in [0.1, 0.15) is 37.7 Å². The number of aromatic amines is 1. The van der Waals surface area contributed by atoms with Gasteiger partial charge in [-0.15, -0.1) is 0 Å². The molecule has 4 N–H and O–H groups in total. The van der Waals surface area contributed by atoms with Crippen LogP contribution in [0.2, 0.25) is 0 Å². The third-order valence-corrected chi connectivity index (χ3v) is 23.8. The van der Waals surface area contributed by atoms with E-state index >= 15 is 0 Å². The number of pyridine rings is 2. The van der Waals surface area contributed by atoms with Gasteiger partial charge >= 0.3 is 17.5 Å². The Labute approximate surface area is 758 Å². The predicted molar refractivity (Wildman–Crippen MR) is 479 cm³/mol. The van der Waals surface area contributed by atoms with Crippen LogP contribution in [0.15, 0.2) is 183 Å². The Hall–Kier alpha value is -16.0. The number of fused-ring (bicyclic) bond motifs is 8. The van der Waals surface area contributed by atoms with Gasteiger partial charge in [0, 0.05) is 101 Å². The van der Waals surface area contributed by atoms with E-state index in [9.17, 15) is 48.7 Å². The van der Waals surface area contributed by atoms with Crippen molar-refractivity contribution in [1.82, 2.24) is 97.6 Å². The van der Waals surface area contributed by atoms with E-state index < -0.39 is 74.5 Å². The summed E-state index contributed by atoms with van der Waals surface area (Å²) in [5, 5.41) is 9.57. The van der Waals surface area contributed by atoms with Gasteiger partial charge in [-0.25, -0.2) is 70.7 Å². The number of anilines is 9. The normalized spacial score (nSPS) is 17.3. The number of aryl methyl sites for hydroxylation is 1. The lowest BCUT2D eigenvalue weighted by atomic mass is 10.1. The van der Waals surface area contributed by atoms with E-state index in [1.54, 1.807) is 108 Å². The Morgan fingerprint density at radius 1 is 0.504 bits per heavy atom. The molecule has 0 amide bonds. The topological polar surface area (TPSA) is 339 Å². The summed E-state index contributed by atoms with van der Waals surface area (Å²) in [5.41, 5.74) is 9.54.